The van der Waals surface area contributed by atoms with E-state index < -0.39 is 5.97 Å². The third-order valence-corrected chi connectivity index (χ3v) is 4.55. The monoisotopic (exact) mass is 394 g/mol. The van der Waals surface area contributed by atoms with Crippen LogP contribution in [0, 0.1) is 13.8 Å². The summed E-state index contributed by atoms with van der Waals surface area (Å²) >= 11 is 6.13. The molecule has 2 aromatic heterocycles. The van der Waals surface area contributed by atoms with E-state index in [1.807, 2.05) is 26.0 Å². The molecule has 0 fully saturated rings. The summed E-state index contributed by atoms with van der Waals surface area (Å²) in [6, 6.07) is 12.2. The van der Waals surface area contributed by atoms with Gasteiger partial charge in [0.1, 0.15) is 0 Å². The molecule has 0 unspecified atom stereocenters. The molecule has 0 aliphatic heterocycles. The molecule has 2 heterocycles. The molecule has 0 saturated heterocycles. The number of rotatable bonds is 4. The van der Waals surface area contributed by atoms with Crippen molar-refractivity contribution >= 4 is 28.6 Å². The molecule has 8 heteroatoms. The third-order valence-electron chi connectivity index (χ3n) is 4.22. The van der Waals surface area contributed by atoms with Gasteiger partial charge in [0, 0.05) is 5.56 Å². The van der Waals surface area contributed by atoms with Crippen molar-refractivity contribution in [2.75, 3.05) is 0 Å². The Bertz CT molecular complexity index is 1190. The quantitative estimate of drug-likeness (QED) is 0.476. The van der Waals surface area contributed by atoms with Gasteiger partial charge in [-0.2, -0.15) is 4.98 Å². The fraction of sp³-hybridized carbons (Fsp3) is 0.150. The zero-order chi connectivity index (χ0) is 19.7. The zero-order valence-corrected chi connectivity index (χ0v) is 15.9. The topological polar surface area (TPSA) is 91.0 Å². The Balaban J connectivity index is 1.48. The van der Waals surface area contributed by atoms with Crippen LogP contribution in [0.3, 0.4) is 0 Å². The Labute approximate surface area is 165 Å². The van der Waals surface area contributed by atoms with Gasteiger partial charge in [-0.05, 0) is 44.2 Å². The molecule has 28 heavy (non-hydrogen) atoms. The summed E-state index contributed by atoms with van der Waals surface area (Å²) in [4.78, 5) is 25.5. The number of carbonyl (C=O) groups is 1. The number of halogens is 1. The zero-order valence-electron chi connectivity index (χ0n) is 15.1. The molecule has 2 aromatic carbocycles. The van der Waals surface area contributed by atoms with Crippen molar-refractivity contribution in [3.63, 3.8) is 0 Å². The first-order valence-corrected chi connectivity index (χ1v) is 8.88. The second-order valence-electron chi connectivity index (χ2n) is 6.17. The molecular formula is C20H15ClN4O3. The minimum atomic E-state index is -0.514. The number of hydrogen-bond donors (Lipinski definition) is 0. The van der Waals surface area contributed by atoms with Crippen molar-refractivity contribution in [1.82, 2.24) is 20.1 Å². The van der Waals surface area contributed by atoms with Crippen LogP contribution >= 0.6 is 11.6 Å². The lowest BCUT2D eigenvalue weighted by molar-refractivity contribution is 0.0430. The summed E-state index contributed by atoms with van der Waals surface area (Å²) in [5.74, 6) is -0.00165. The van der Waals surface area contributed by atoms with Crippen LogP contribution in [0.4, 0.5) is 0 Å². The highest BCUT2D eigenvalue weighted by Gasteiger charge is 2.15. The van der Waals surface area contributed by atoms with Gasteiger partial charge in [0.2, 0.25) is 5.82 Å². The second kappa shape index (κ2) is 7.36. The molecule has 140 valence electrons. The van der Waals surface area contributed by atoms with E-state index in [4.69, 9.17) is 20.9 Å². The normalized spacial score (nSPS) is 11.0. The van der Waals surface area contributed by atoms with E-state index in [1.54, 1.807) is 30.3 Å². The van der Waals surface area contributed by atoms with E-state index in [0.29, 0.717) is 27.5 Å². The predicted molar refractivity (Wildman–Crippen MR) is 103 cm³/mol. The van der Waals surface area contributed by atoms with Crippen molar-refractivity contribution < 1.29 is 14.1 Å². The largest absolute Gasteiger partial charge is 0.452 e. The van der Waals surface area contributed by atoms with E-state index in [0.717, 1.165) is 16.9 Å². The molecule has 4 rings (SSSR count). The van der Waals surface area contributed by atoms with Gasteiger partial charge in [-0.25, -0.2) is 14.8 Å². The molecular weight excluding hydrogens is 380 g/mol. The average Bonchev–Trinajstić information content (AvgIpc) is 3.16. The smallest absolute Gasteiger partial charge is 0.338 e. The Kier molecular flexibility index (Phi) is 4.75. The molecule has 7 nitrogen and oxygen atoms in total. The molecule has 0 amide bonds. The Morgan fingerprint density at radius 3 is 2.57 bits per heavy atom. The number of nitrogens with zero attached hydrogens (tertiary/aromatic N) is 4. The first-order valence-electron chi connectivity index (χ1n) is 8.51. The fourth-order valence-electron chi connectivity index (χ4n) is 2.63. The van der Waals surface area contributed by atoms with E-state index in [2.05, 4.69) is 20.1 Å². The van der Waals surface area contributed by atoms with Crippen LogP contribution in [-0.2, 0) is 11.3 Å². The minimum Gasteiger partial charge on any atom is -0.452 e. The Morgan fingerprint density at radius 1 is 1.04 bits per heavy atom. The summed E-state index contributed by atoms with van der Waals surface area (Å²) in [5, 5.41) is 4.39. The number of fused-ring (bicyclic) bond motifs is 1. The average molecular weight is 395 g/mol. The number of esters is 1. The lowest BCUT2D eigenvalue weighted by Crippen LogP contribution is -2.06. The van der Waals surface area contributed by atoms with Gasteiger partial charge in [-0.1, -0.05) is 28.9 Å². The van der Waals surface area contributed by atoms with Gasteiger partial charge >= 0.3 is 5.97 Å². The SMILES string of the molecule is Cc1nc2ccc(C(=O)OCc3nc(-c4ccccc4Cl)no3)cc2nc1C. The van der Waals surface area contributed by atoms with Gasteiger partial charge in [-0.15, -0.1) is 0 Å². The third kappa shape index (κ3) is 3.57. The summed E-state index contributed by atoms with van der Waals surface area (Å²) < 4.78 is 10.4. The summed E-state index contributed by atoms with van der Waals surface area (Å²) in [7, 11) is 0. The van der Waals surface area contributed by atoms with Gasteiger partial charge in [-0.3, -0.25) is 0 Å². The number of hydrogen-bond acceptors (Lipinski definition) is 7. The molecule has 0 bridgehead atoms. The number of carbonyl (C=O) groups excluding carboxylic acids is 1. The van der Waals surface area contributed by atoms with Crippen molar-refractivity contribution in [1.29, 1.82) is 0 Å². The number of aromatic nitrogens is 4. The molecule has 0 radical (unpaired) electrons. The number of benzene rings is 2. The Morgan fingerprint density at radius 2 is 1.79 bits per heavy atom. The van der Waals surface area contributed by atoms with Crippen LogP contribution in [-0.4, -0.2) is 26.1 Å². The fourth-order valence-corrected chi connectivity index (χ4v) is 2.85. The molecule has 0 saturated carbocycles. The van der Waals surface area contributed by atoms with Gasteiger partial charge in [0.15, 0.2) is 6.61 Å². The molecule has 0 aliphatic rings. The maximum absolute atomic E-state index is 12.4. The van der Waals surface area contributed by atoms with Crippen LogP contribution in [0.1, 0.15) is 27.6 Å². The summed E-state index contributed by atoms with van der Waals surface area (Å²) in [6.45, 7) is 3.62. The predicted octanol–water partition coefficient (Wildman–Crippen LogP) is 4.31. The van der Waals surface area contributed by atoms with Gasteiger partial charge in [0.25, 0.3) is 5.89 Å². The maximum Gasteiger partial charge on any atom is 0.338 e. The summed E-state index contributed by atoms with van der Waals surface area (Å²) in [5.41, 5.74) is 4.04. The maximum atomic E-state index is 12.4. The molecule has 4 aromatic rings. The summed E-state index contributed by atoms with van der Waals surface area (Å²) in [6.07, 6.45) is 0. The van der Waals surface area contributed by atoms with Crippen LogP contribution in [0.25, 0.3) is 22.4 Å². The van der Waals surface area contributed by atoms with Crippen LogP contribution in [0.15, 0.2) is 47.0 Å². The van der Waals surface area contributed by atoms with Crippen molar-refractivity contribution in [2.24, 2.45) is 0 Å². The number of aryl methyl sites for hydroxylation is 2. The second-order valence-corrected chi connectivity index (χ2v) is 6.57. The lowest BCUT2D eigenvalue weighted by Gasteiger charge is -2.05. The van der Waals surface area contributed by atoms with Crippen molar-refractivity contribution in [3.8, 4) is 11.4 Å². The lowest BCUT2D eigenvalue weighted by atomic mass is 10.2. The number of ether oxygens (including phenoxy) is 1. The van der Waals surface area contributed by atoms with Crippen LogP contribution in [0.2, 0.25) is 5.02 Å². The Hall–Kier alpha value is -3.32. The first-order chi connectivity index (χ1) is 13.5. The van der Waals surface area contributed by atoms with E-state index in [1.165, 1.54) is 0 Å². The van der Waals surface area contributed by atoms with Crippen molar-refractivity contribution in [2.45, 2.75) is 20.5 Å². The first kappa shape index (κ1) is 18.1. The highest BCUT2D eigenvalue weighted by atomic mass is 35.5. The van der Waals surface area contributed by atoms with E-state index in [-0.39, 0.29) is 12.5 Å². The van der Waals surface area contributed by atoms with Gasteiger partial charge in [0.05, 0.1) is 33.0 Å². The molecule has 0 aliphatic carbocycles. The standard InChI is InChI=1S/C20H15ClN4O3/c1-11-12(2)23-17-9-13(7-8-16(17)22-11)20(26)27-10-18-24-19(25-28-18)14-5-3-4-6-15(14)21/h3-9H,10H2,1-2H3. The highest BCUT2D eigenvalue weighted by Crippen LogP contribution is 2.25. The van der Waals surface area contributed by atoms with Gasteiger partial charge < -0.3 is 9.26 Å². The molecule has 0 spiro atoms. The highest BCUT2D eigenvalue weighted by molar-refractivity contribution is 6.33. The van der Waals surface area contributed by atoms with E-state index >= 15 is 0 Å². The van der Waals surface area contributed by atoms with Crippen LogP contribution < -0.4 is 0 Å². The van der Waals surface area contributed by atoms with E-state index in [9.17, 15) is 4.79 Å². The minimum absolute atomic E-state index is 0.146. The molecule has 0 atom stereocenters. The van der Waals surface area contributed by atoms with Crippen LogP contribution in [0.5, 0.6) is 0 Å². The van der Waals surface area contributed by atoms with Crippen molar-refractivity contribution in [3.05, 3.63) is 70.3 Å². The molecule has 0 N–H and O–H groups in total.